The summed E-state index contributed by atoms with van der Waals surface area (Å²) in [5.41, 5.74) is 0.695. The Balaban J connectivity index is 2.37. The summed E-state index contributed by atoms with van der Waals surface area (Å²) in [6.07, 6.45) is 8.46. The minimum absolute atomic E-state index is 0.0400. The van der Waals surface area contributed by atoms with E-state index in [1.807, 2.05) is 6.92 Å². The van der Waals surface area contributed by atoms with Crippen LogP contribution in [0.5, 0.6) is 11.5 Å². The van der Waals surface area contributed by atoms with Crippen LogP contribution in [0.25, 0.3) is 6.08 Å². The van der Waals surface area contributed by atoms with Crippen LogP contribution in [0.1, 0.15) is 12.5 Å². The molecule has 0 radical (unpaired) electrons. The van der Waals surface area contributed by atoms with Gasteiger partial charge in [0, 0.05) is 4.47 Å². The van der Waals surface area contributed by atoms with Crippen molar-refractivity contribution in [2.75, 3.05) is 19.8 Å². The van der Waals surface area contributed by atoms with Crippen molar-refractivity contribution in [2.45, 2.75) is 6.92 Å². The minimum atomic E-state index is -0.398. The van der Waals surface area contributed by atoms with Gasteiger partial charge in [0.25, 0.3) is 11.1 Å². The second-order valence-corrected chi connectivity index (χ2v) is 6.67. The molecule has 0 aliphatic carbocycles. The molecule has 1 aromatic carbocycles. The summed E-state index contributed by atoms with van der Waals surface area (Å²) in [6.45, 7) is 6.25. The van der Waals surface area contributed by atoms with Gasteiger partial charge in [0.2, 0.25) is 0 Å². The number of hydrogen-bond donors (Lipinski definition) is 0. The third kappa shape index (κ3) is 4.47. The lowest BCUT2D eigenvalue weighted by molar-refractivity contribution is -0.122. The van der Waals surface area contributed by atoms with Gasteiger partial charge in [0.1, 0.15) is 6.61 Å². The maximum absolute atomic E-state index is 12.3. The van der Waals surface area contributed by atoms with Crippen LogP contribution in [0.3, 0.4) is 0 Å². The normalized spacial score (nSPS) is 15.4. The number of carbonyl (C=O) groups excluding carboxylic acids is 2. The van der Waals surface area contributed by atoms with Gasteiger partial charge in [-0.1, -0.05) is 34.5 Å². The molecule has 2 amide bonds. The first-order valence-corrected chi connectivity index (χ1v) is 9.01. The third-order valence-electron chi connectivity index (χ3n) is 3.13. The SMILES string of the molecule is C#CCN1C(=O)S/C(=C/c2cc(OCC)c(OCC=C)cc2Br)C1=O. The molecule has 0 aromatic heterocycles. The summed E-state index contributed by atoms with van der Waals surface area (Å²) in [5, 5.41) is -0.374. The molecule has 2 rings (SSSR count). The number of rotatable bonds is 7. The molecular weight excluding hydrogens is 406 g/mol. The van der Waals surface area contributed by atoms with E-state index < -0.39 is 5.91 Å². The van der Waals surface area contributed by atoms with E-state index in [-0.39, 0.29) is 11.8 Å². The molecule has 1 heterocycles. The topological polar surface area (TPSA) is 55.8 Å². The number of thioether (sulfide) groups is 1. The van der Waals surface area contributed by atoms with Crippen LogP contribution in [0.2, 0.25) is 0 Å². The van der Waals surface area contributed by atoms with Crippen LogP contribution in [0.4, 0.5) is 4.79 Å². The zero-order valence-corrected chi connectivity index (χ0v) is 16.0. The lowest BCUT2D eigenvalue weighted by Gasteiger charge is -2.13. The van der Waals surface area contributed by atoms with Gasteiger partial charge in [-0.25, -0.2) is 0 Å². The molecule has 0 spiro atoms. The maximum atomic E-state index is 12.3. The first-order chi connectivity index (χ1) is 12.0. The van der Waals surface area contributed by atoms with Gasteiger partial charge < -0.3 is 9.47 Å². The van der Waals surface area contributed by atoms with Gasteiger partial charge in [-0.2, -0.15) is 0 Å². The fourth-order valence-corrected chi connectivity index (χ4v) is 3.33. The first-order valence-electron chi connectivity index (χ1n) is 7.40. The van der Waals surface area contributed by atoms with Crippen LogP contribution in [-0.2, 0) is 4.79 Å². The molecule has 25 heavy (non-hydrogen) atoms. The van der Waals surface area contributed by atoms with E-state index in [4.69, 9.17) is 15.9 Å². The second kappa shape index (κ2) is 8.79. The van der Waals surface area contributed by atoms with Gasteiger partial charge >= 0.3 is 0 Å². The second-order valence-electron chi connectivity index (χ2n) is 4.83. The Morgan fingerprint density at radius 2 is 2.08 bits per heavy atom. The van der Waals surface area contributed by atoms with E-state index in [9.17, 15) is 9.59 Å². The molecule has 0 unspecified atom stereocenters. The molecule has 1 aliphatic heterocycles. The van der Waals surface area contributed by atoms with Gasteiger partial charge in [-0.05, 0) is 42.5 Å². The first kappa shape index (κ1) is 19.2. The molecule has 1 aromatic rings. The quantitative estimate of drug-likeness (QED) is 0.377. The van der Waals surface area contributed by atoms with Crippen molar-refractivity contribution >= 4 is 44.9 Å². The number of ether oxygens (including phenoxy) is 2. The van der Waals surface area contributed by atoms with Crippen molar-refractivity contribution in [3.05, 3.63) is 39.7 Å². The molecule has 130 valence electrons. The molecular formula is C18H16BrNO4S. The van der Waals surface area contributed by atoms with E-state index >= 15 is 0 Å². The zero-order chi connectivity index (χ0) is 18.4. The fraction of sp³-hybridized carbons (Fsp3) is 0.222. The molecule has 5 nitrogen and oxygen atoms in total. The average molecular weight is 422 g/mol. The predicted octanol–water partition coefficient (Wildman–Crippen LogP) is 4.08. The number of benzene rings is 1. The Morgan fingerprint density at radius 1 is 1.36 bits per heavy atom. The Bertz CT molecular complexity index is 782. The highest BCUT2D eigenvalue weighted by Gasteiger charge is 2.34. The number of halogens is 1. The summed E-state index contributed by atoms with van der Waals surface area (Å²) >= 11 is 4.31. The highest BCUT2D eigenvalue weighted by molar-refractivity contribution is 9.10. The molecule has 0 bridgehead atoms. The van der Waals surface area contributed by atoms with E-state index in [2.05, 4.69) is 28.4 Å². The van der Waals surface area contributed by atoms with Gasteiger partial charge in [-0.3, -0.25) is 14.5 Å². The van der Waals surface area contributed by atoms with Crippen molar-refractivity contribution in [1.82, 2.24) is 4.90 Å². The smallest absolute Gasteiger partial charge is 0.294 e. The summed E-state index contributed by atoms with van der Waals surface area (Å²) in [7, 11) is 0. The fourth-order valence-electron chi connectivity index (χ4n) is 2.06. The predicted molar refractivity (Wildman–Crippen MR) is 103 cm³/mol. The molecule has 1 aliphatic rings. The van der Waals surface area contributed by atoms with Crippen LogP contribution in [0.15, 0.2) is 34.2 Å². The van der Waals surface area contributed by atoms with Crippen LogP contribution >= 0.6 is 27.7 Å². The minimum Gasteiger partial charge on any atom is -0.490 e. The summed E-state index contributed by atoms with van der Waals surface area (Å²) in [4.78, 5) is 25.5. The van der Waals surface area contributed by atoms with Crippen molar-refractivity contribution in [1.29, 1.82) is 0 Å². The van der Waals surface area contributed by atoms with E-state index in [0.717, 1.165) is 16.7 Å². The average Bonchev–Trinajstić information content (AvgIpc) is 2.84. The zero-order valence-electron chi connectivity index (χ0n) is 13.6. The van der Waals surface area contributed by atoms with Crippen molar-refractivity contribution in [2.24, 2.45) is 0 Å². The van der Waals surface area contributed by atoms with E-state index in [0.29, 0.717) is 39.7 Å². The van der Waals surface area contributed by atoms with Crippen molar-refractivity contribution in [3.63, 3.8) is 0 Å². The summed E-state index contributed by atoms with van der Waals surface area (Å²) in [6, 6.07) is 3.51. The lowest BCUT2D eigenvalue weighted by atomic mass is 10.2. The third-order valence-corrected chi connectivity index (χ3v) is 4.72. The Hall–Kier alpha value is -2.17. The van der Waals surface area contributed by atoms with Gasteiger partial charge in [-0.15, -0.1) is 6.42 Å². The highest BCUT2D eigenvalue weighted by atomic mass is 79.9. The molecule has 0 saturated carbocycles. The Morgan fingerprint density at radius 3 is 2.72 bits per heavy atom. The highest BCUT2D eigenvalue weighted by Crippen LogP contribution is 2.38. The van der Waals surface area contributed by atoms with Crippen molar-refractivity contribution in [3.8, 4) is 23.8 Å². The Kier molecular flexibility index (Phi) is 6.73. The number of terminal acetylenes is 1. The summed E-state index contributed by atoms with van der Waals surface area (Å²) in [5.74, 6) is 3.02. The number of hydrogen-bond acceptors (Lipinski definition) is 5. The van der Waals surface area contributed by atoms with Gasteiger partial charge in [0.15, 0.2) is 11.5 Å². The van der Waals surface area contributed by atoms with E-state index in [1.165, 1.54) is 0 Å². The van der Waals surface area contributed by atoms with E-state index in [1.54, 1.807) is 24.3 Å². The largest absolute Gasteiger partial charge is 0.490 e. The Labute approximate surface area is 159 Å². The molecule has 1 fully saturated rings. The van der Waals surface area contributed by atoms with Gasteiger partial charge in [0.05, 0.1) is 18.1 Å². The molecule has 7 heteroatoms. The number of imide groups is 1. The van der Waals surface area contributed by atoms with Crippen LogP contribution in [-0.4, -0.2) is 35.8 Å². The number of carbonyl (C=O) groups is 2. The molecule has 0 N–H and O–H groups in total. The van der Waals surface area contributed by atoms with Crippen LogP contribution in [0, 0.1) is 12.3 Å². The maximum Gasteiger partial charge on any atom is 0.294 e. The standard InChI is InChI=1S/C18H16BrNO4S/c1-4-7-20-17(21)16(25-18(20)22)10-12-9-14(23-6-3)15(11-13(12)19)24-8-5-2/h1,5,9-11H,2,6-8H2,3H3/b16-10+. The van der Waals surface area contributed by atoms with Crippen molar-refractivity contribution < 1.29 is 19.1 Å². The molecule has 1 saturated heterocycles. The molecule has 0 atom stereocenters. The summed E-state index contributed by atoms with van der Waals surface area (Å²) < 4.78 is 11.9. The number of nitrogens with zero attached hydrogens (tertiary/aromatic N) is 1. The lowest BCUT2D eigenvalue weighted by Crippen LogP contribution is -2.28. The monoisotopic (exact) mass is 421 g/mol. The van der Waals surface area contributed by atoms with Crippen LogP contribution < -0.4 is 9.47 Å². The number of amides is 2.